The lowest BCUT2D eigenvalue weighted by Crippen LogP contribution is -2.64. The molecular formula is C20H25N4O8S. The van der Waals surface area contributed by atoms with E-state index >= 15 is 0 Å². The molecule has 0 saturated carbocycles. The molecule has 3 N–H and O–H groups in total. The van der Waals surface area contributed by atoms with Crippen LogP contribution in [0, 0.1) is 6.54 Å². The number of likely N-dealkylation sites (tertiary alicyclic amines) is 1. The van der Waals surface area contributed by atoms with Gasteiger partial charge in [-0.15, -0.1) is 0 Å². The molecule has 2 aliphatic heterocycles. The molecule has 3 rings (SSSR count). The fraction of sp³-hybridized carbons (Fsp3) is 0.450. The Labute approximate surface area is 190 Å². The van der Waals surface area contributed by atoms with Gasteiger partial charge in [-0.05, 0) is 5.56 Å². The lowest BCUT2D eigenvalue weighted by atomic mass is 10.1. The van der Waals surface area contributed by atoms with Gasteiger partial charge in [0.05, 0.1) is 31.3 Å². The number of carbonyl (C=O) groups excluding carboxylic acids is 3. The SMILES string of the molecule is O=C(O)CN1[CH]C(NC(=O)C(CS(=O)(=O)Cc2ccccc2)NC(=O)N2CCOCC2)C1=O. The predicted octanol–water partition coefficient (Wildman–Crippen LogP) is -1.41. The number of hydrogen-bond acceptors (Lipinski definition) is 7. The summed E-state index contributed by atoms with van der Waals surface area (Å²) >= 11 is 0. The van der Waals surface area contributed by atoms with Crippen LogP contribution in [-0.4, -0.2) is 97.8 Å². The number of morpholine rings is 1. The Hall–Kier alpha value is -3.19. The van der Waals surface area contributed by atoms with Gasteiger partial charge >= 0.3 is 12.0 Å². The number of nitrogens with zero attached hydrogens (tertiary/aromatic N) is 2. The van der Waals surface area contributed by atoms with E-state index in [4.69, 9.17) is 9.84 Å². The monoisotopic (exact) mass is 481 g/mol. The molecule has 2 aliphatic rings. The molecule has 2 atom stereocenters. The average Bonchev–Trinajstić information content (AvgIpc) is 2.78. The maximum Gasteiger partial charge on any atom is 0.323 e. The minimum absolute atomic E-state index is 0.288. The number of rotatable bonds is 9. The molecular weight excluding hydrogens is 456 g/mol. The maximum absolute atomic E-state index is 12.8. The minimum atomic E-state index is -3.82. The summed E-state index contributed by atoms with van der Waals surface area (Å²) < 4.78 is 30.7. The quantitative estimate of drug-likeness (QED) is 0.362. The van der Waals surface area contributed by atoms with Crippen LogP contribution in [0.4, 0.5) is 4.79 Å². The van der Waals surface area contributed by atoms with Crippen LogP contribution >= 0.6 is 0 Å². The van der Waals surface area contributed by atoms with Crippen LogP contribution in [0.2, 0.25) is 0 Å². The van der Waals surface area contributed by atoms with Gasteiger partial charge in [0.15, 0.2) is 9.84 Å². The van der Waals surface area contributed by atoms with Crippen molar-refractivity contribution in [2.45, 2.75) is 17.8 Å². The van der Waals surface area contributed by atoms with Crippen LogP contribution in [0.5, 0.6) is 0 Å². The molecule has 13 heteroatoms. The largest absolute Gasteiger partial charge is 0.480 e. The van der Waals surface area contributed by atoms with Crippen molar-refractivity contribution in [1.29, 1.82) is 0 Å². The average molecular weight is 482 g/mol. The molecule has 2 fully saturated rings. The fourth-order valence-corrected chi connectivity index (χ4v) is 4.93. The summed E-state index contributed by atoms with van der Waals surface area (Å²) in [5.41, 5.74) is 0.531. The molecule has 179 valence electrons. The van der Waals surface area contributed by atoms with Gasteiger partial charge in [-0.1, -0.05) is 30.3 Å². The lowest BCUT2D eigenvalue weighted by Gasteiger charge is -2.37. The van der Waals surface area contributed by atoms with Crippen molar-refractivity contribution in [3.8, 4) is 0 Å². The Balaban J connectivity index is 1.68. The summed E-state index contributed by atoms with van der Waals surface area (Å²) in [5, 5.41) is 13.6. The Bertz CT molecular complexity index is 995. The number of nitrogens with one attached hydrogen (secondary N) is 2. The van der Waals surface area contributed by atoms with E-state index in [1.54, 1.807) is 30.3 Å². The van der Waals surface area contributed by atoms with Crippen LogP contribution in [0.3, 0.4) is 0 Å². The highest BCUT2D eigenvalue weighted by Crippen LogP contribution is 2.15. The van der Waals surface area contributed by atoms with Crippen LogP contribution in [0.1, 0.15) is 5.56 Å². The first-order chi connectivity index (χ1) is 15.6. The number of sulfone groups is 1. The summed E-state index contributed by atoms with van der Waals surface area (Å²) in [7, 11) is -3.82. The van der Waals surface area contributed by atoms with Gasteiger partial charge < -0.3 is 30.3 Å². The van der Waals surface area contributed by atoms with Crippen LogP contribution in [0.15, 0.2) is 30.3 Å². The molecule has 4 amide bonds. The summed E-state index contributed by atoms with van der Waals surface area (Å²) in [4.78, 5) is 50.5. The van der Waals surface area contributed by atoms with E-state index in [9.17, 15) is 27.6 Å². The van der Waals surface area contributed by atoms with Gasteiger partial charge in [0.2, 0.25) is 11.8 Å². The van der Waals surface area contributed by atoms with Gasteiger partial charge in [0.1, 0.15) is 18.6 Å². The number of ether oxygens (including phenoxy) is 1. The van der Waals surface area contributed by atoms with Crippen molar-refractivity contribution >= 4 is 33.7 Å². The van der Waals surface area contributed by atoms with E-state index in [1.165, 1.54) is 11.4 Å². The number of carboxylic acid groups (broad SMARTS) is 1. The Morgan fingerprint density at radius 1 is 1.15 bits per heavy atom. The third-order valence-electron chi connectivity index (χ3n) is 5.04. The maximum atomic E-state index is 12.8. The molecule has 2 unspecified atom stereocenters. The van der Waals surface area contributed by atoms with Gasteiger partial charge in [-0.2, -0.15) is 0 Å². The normalized spacial score (nSPS) is 19.4. The number of urea groups is 1. The molecule has 0 bridgehead atoms. The van der Waals surface area contributed by atoms with Crippen molar-refractivity contribution in [3.63, 3.8) is 0 Å². The first kappa shape index (κ1) is 24.5. The van der Waals surface area contributed by atoms with E-state index in [2.05, 4.69) is 10.6 Å². The molecule has 12 nitrogen and oxygen atoms in total. The zero-order valence-corrected chi connectivity index (χ0v) is 18.5. The first-order valence-electron chi connectivity index (χ1n) is 10.2. The van der Waals surface area contributed by atoms with Gasteiger partial charge in [-0.3, -0.25) is 14.4 Å². The molecule has 33 heavy (non-hydrogen) atoms. The molecule has 1 aromatic carbocycles. The number of aliphatic carboxylic acids is 1. The minimum Gasteiger partial charge on any atom is -0.480 e. The van der Waals surface area contributed by atoms with E-state index in [-0.39, 0.29) is 18.8 Å². The third-order valence-corrected chi connectivity index (χ3v) is 6.66. The topological polar surface area (TPSA) is 162 Å². The second-order valence-corrected chi connectivity index (χ2v) is 9.75. The van der Waals surface area contributed by atoms with Gasteiger partial charge in [0, 0.05) is 13.1 Å². The van der Waals surface area contributed by atoms with Crippen LogP contribution < -0.4 is 10.6 Å². The zero-order valence-electron chi connectivity index (χ0n) is 17.7. The molecule has 2 heterocycles. The number of β-lactam (4-membered cyclic amide) rings is 1. The summed E-state index contributed by atoms with van der Waals surface area (Å²) in [6, 6.07) is 5.22. The first-order valence-corrected chi connectivity index (χ1v) is 12.0. The van der Waals surface area contributed by atoms with E-state index in [1.807, 2.05) is 0 Å². The second-order valence-electron chi connectivity index (χ2n) is 7.64. The third kappa shape index (κ3) is 6.89. The highest BCUT2D eigenvalue weighted by atomic mass is 32.2. The molecule has 0 aromatic heterocycles. The number of benzene rings is 1. The highest BCUT2D eigenvalue weighted by Gasteiger charge is 2.41. The zero-order chi connectivity index (χ0) is 24.0. The van der Waals surface area contributed by atoms with Crippen molar-refractivity contribution in [2.24, 2.45) is 0 Å². The summed E-state index contributed by atoms with van der Waals surface area (Å²) in [6.45, 7) is 1.89. The van der Waals surface area contributed by atoms with Crippen LogP contribution in [0.25, 0.3) is 0 Å². The van der Waals surface area contributed by atoms with Crippen molar-refractivity contribution < 1.29 is 37.4 Å². The van der Waals surface area contributed by atoms with E-state index in [0.717, 1.165) is 4.90 Å². The Morgan fingerprint density at radius 2 is 1.82 bits per heavy atom. The molecule has 0 aliphatic carbocycles. The van der Waals surface area contributed by atoms with E-state index in [0.29, 0.717) is 18.8 Å². The lowest BCUT2D eigenvalue weighted by molar-refractivity contribution is -0.149. The molecule has 1 radical (unpaired) electrons. The van der Waals surface area contributed by atoms with Gasteiger partial charge in [-0.25, -0.2) is 13.2 Å². The predicted molar refractivity (Wildman–Crippen MR) is 114 cm³/mol. The standard InChI is InChI=1S/C20H25N4O8S/c25-17(26)11-24-10-15(19(24)28)21-18(27)16(22-20(29)23-6-8-32-9-7-23)13-33(30,31)12-14-4-2-1-3-5-14/h1-5,10,15-16H,6-9,11-13H2,(H,21,27)(H,22,29)(H,25,26). The van der Waals surface area contributed by atoms with Gasteiger partial charge in [0.25, 0.3) is 0 Å². The Kier molecular flexibility index (Phi) is 7.87. The molecule has 2 saturated heterocycles. The number of carbonyl (C=O) groups is 4. The highest BCUT2D eigenvalue weighted by molar-refractivity contribution is 7.90. The summed E-state index contributed by atoms with van der Waals surface area (Å²) in [6.07, 6.45) is 0. The molecule has 0 spiro atoms. The smallest absolute Gasteiger partial charge is 0.323 e. The number of carboxylic acids is 1. The van der Waals surface area contributed by atoms with Crippen molar-refractivity contribution in [2.75, 3.05) is 38.6 Å². The molecule has 1 aromatic rings. The van der Waals surface area contributed by atoms with E-state index < -0.39 is 58.0 Å². The van der Waals surface area contributed by atoms with Crippen molar-refractivity contribution in [1.82, 2.24) is 20.4 Å². The fourth-order valence-electron chi connectivity index (χ4n) is 3.37. The van der Waals surface area contributed by atoms with Crippen molar-refractivity contribution in [3.05, 3.63) is 42.4 Å². The second kappa shape index (κ2) is 10.6. The Morgan fingerprint density at radius 3 is 2.42 bits per heavy atom. The summed E-state index contributed by atoms with van der Waals surface area (Å²) in [5.74, 6) is -3.73. The number of amides is 4. The van der Waals surface area contributed by atoms with Crippen LogP contribution in [-0.2, 0) is 34.7 Å². The number of hydrogen-bond donors (Lipinski definition) is 3.